The second-order valence-corrected chi connectivity index (χ2v) is 5.74. The topological polar surface area (TPSA) is 29.5 Å². The number of carbonyl (C=O) groups is 1. The summed E-state index contributed by atoms with van der Waals surface area (Å²) in [5.41, 5.74) is 7.23. The fourth-order valence-corrected chi connectivity index (χ4v) is 2.81. The van der Waals surface area contributed by atoms with Gasteiger partial charge in [0.1, 0.15) is 0 Å². The smallest absolute Gasteiger partial charge is 0.339 e. The molecule has 0 saturated heterocycles. The largest absolute Gasteiger partial charge is 0.465 e. The van der Waals surface area contributed by atoms with Gasteiger partial charge >= 0.3 is 5.97 Å². The van der Waals surface area contributed by atoms with Crippen LogP contribution in [0, 0.1) is 27.7 Å². The van der Waals surface area contributed by atoms with Crippen LogP contribution in [-0.4, -0.2) is 20.1 Å². The standard InChI is InChI=1S/C19H23NO2/c1-12-7-10-17(14(3)11-12)20(5)18-15(4)13(2)8-9-16(18)19(21)22-6/h7-11H,1-6H3. The van der Waals surface area contributed by atoms with Crippen LogP contribution in [0.25, 0.3) is 0 Å². The first kappa shape index (κ1) is 16.1. The Bertz CT molecular complexity index is 720. The van der Waals surface area contributed by atoms with Crippen molar-refractivity contribution in [2.75, 3.05) is 19.1 Å². The van der Waals surface area contributed by atoms with Gasteiger partial charge in [0.25, 0.3) is 0 Å². The van der Waals surface area contributed by atoms with Gasteiger partial charge in [-0.05, 0) is 56.5 Å². The molecular weight excluding hydrogens is 274 g/mol. The van der Waals surface area contributed by atoms with Gasteiger partial charge < -0.3 is 9.64 Å². The Kier molecular flexibility index (Phi) is 4.55. The van der Waals surface area contributed by atoms with E-state index in [1.54, 1.807) is 0 Å². The van der Waals surface area contributed by atoms with Crippen molar-refractivity contribution in [1.82, 2.24) is 0 Å². The van der Waals surface area contributed by atoms with Crippen LogP contribution in [0.4, 0.5) is 11.4 Å². The molecule has 22 heavy (non-hydrogen) atoms. The van der Waals surface area contributed by atoms with Crippen molar-refractivity contribution >= 4 is 17.3 Å². The lowest BCUT2D eigenvalue weighted by atomic mass is 10.0. The molecule has 0 aliphatic rings. The molecular formula is C19H23NO2. The zero-order valence-corrected chi connectivity index (χ0v) is 14.2. The number of carbonyl (C=O) groups excluding carboxylic acids is 1. The zero-order chi connectivity index (χ0) is 16.4. The van der Waals surface area contributed by atoms with Gasteiger partial charge in [0.15, 0.2) is 0 Å². The second kappa shape index (κ2) is 6.22. The van der Waals surface area contributed by atoms with E-state index in [2.05, 4.69) is 43.9 Å². The van der Waals surface area contributed by atoms with Crippen LogP contribution >= 0.6 is 0 Å². The van der Waals surface area contributed by atoms with Gasteiger partial charge in [-0.2, -0.15) is 0 Å². The molecule has 116 valence electrons. The normalized spacial score (nSPS) is 10.5. The van der Waals surface area contributed by atoms with Gasteiger partial charge in [-0.15, -0.1) is 0 Å². The fourth-order valence-electron chi connectivity index (χ4n) is 2.81. The number of benzene rings is 2. The van der Waals surface area contributed by atoms with Crippen LogP contribution in [0.1, 0.15) is 32.6 Å². The van der Waals surface area contributed by atoms with Crippen LogP contribution in [0.15, 0.2) is 30.3 Å². The van der Waals surface area contributed by atoms with Gasteiger partial charge in [-0.1, -0.05) is 23.8 Å². The number of ether oxygens (including phenoxy) is 1. The highest BCUT2D eigenvalue weighted by Crippen LogP contribution is 2.34. The average Bonchev–Trinajstić information content (AvgIpc) is 2.48. The molecule has 0 aromatic heterocycles. The van der Waals surface area contributed by atoms with E-state index >= 15 is 0 Å². The molecule has 2 aromatic rings. The third-order valence-electron chi connectivity index (χ3n) is 4.16. The number of anilines is 2. The number of esters is 1. The summed E-state index contributed by atoms with van der Waals surface area (Å²) >= 11 is 0. The summed E-state index contributed by atoms with van der Waals surface area (Å²) < 4.78 is 4.94. The molecule has 2 aromatic carbocycles. The summed E-state index contributed by atoms with van der Waals surface area (Å²) in [6, 6.07) is 10.1. The molecule has 3 heteroatoms. The summed E-state index contributed by atoms with van der Waals surface area (Å²) in [7, 11) is 3.41. The van der Waals surface area contributed by atoms with Gasteiger partial charge in [-0.3, -0.25) is 0 Å². The van der Waals surface area contributed by atoms with Gasteiger partial charge in [-0.25, -0.2) is 4.79 Å². The Labute approximate surface area is 132 Å². The Morgan fingerprint density at radius 1 is 1.00 bits per heavy atom. The summed E-state index contributed by atoms with van der Waals surface area (Å²) in [5.74, 6) is -0.310. The van der Waals surface area contributed by atoms with Gasteiger partial charge in [0.2, 0.25) is 0 Å². The van der Waals surface area contributed by atoms with E-state index in [0.29, 0.717) is 5.56 Å². The average molecular weight is 297 g/mol. The lowest BCUT2D eigenvalue weighted by Crippen LogP contribution is -2.18. The highest BCUT2D eigenvalue weighted by atomic mass is 16.5. The Morgan fingerprint density at radius 3 is 2.27 bits per heavy atom. The van der Waals surface area contributed by atoms with Crippen molar-refractivity contribution in [2.24, 2.45) is 0 Å². The molecule has 0 aliphatic heterocycles. The summed E-state index contributed by atoms with van der Waals surface area (Å²) in [6.07, 6.45) is 0. The maximum Gasteiger partial charge on any atom is 0.339 e. The first-order valence-corrected chi connectivity index (χ1v) is 7.36. The quantitative estimate of drug-likeness (QED) is 0.783. The third-order valence-corrected chi connectivity index (χ3v) is 4.16. The molecule has 0 unspecified atom stereocenters. The molecule has 0 radical (unpaired) electrons. The van der Waals surface area contributed by atoms with Crippen LogP contribution in [0.3, 0.4) is 0 Å². The molecule has 0 bridgehead atoms. The predicted octanol–water partition coefficient (Wildman–Crippen LogP) is 4.47. The van der Waals surface area contributed by atoms with Crippen molar-refractivity contribution in [1.29, 1.82) is 0 Å². The second-order valence-electron chi connectivity index (χ2n) is 5.74. The molecule has 0 saturated carbocycles. The molecule has 3 nitrogen and oxygen atoms in total. The number of aryl methyl sites for hydroxylation is 3. The summed E-state index contributed by atoms with van der Waals surface area (Å²) in [5, 5.41) is 0. The molecule has 0 aliphatic carbocycles. The number of methoxy groups -OCH3 is 1. The minimum absolute atomic E-state index is 0.310. The van der Waals surface area contributed by atoms with Crippen molar-refractivity contribution < 1.29 is 9.53 Å². The number of hydrogen-bond donors (Lipinski definition) is 0. The fraction of sp³-hybridized carbons (Fsp3) is 0.316. The Balaban J connectivity index is 2.64. The molecule has 2 rings (SSSR count). The van der Waals surface area contributed by atoms with Gasteiger partial charge in [0, 0.05) is 12.7 Å². The number of rotatable bonds is 3. The highest BCUT2D eigenvalue weighted by Gasteiger charge is 2.20. The van der Waals surface area contributed by atoms with E-state index in [9.17, 15) is 4.79 Å². The minimum Gasteiger partial charge on any atom is -0.465 e. The zero-order valence-electron chi connectivity index (χ0n) is 14.2. The van der Waals surface area contributed by atoms with Crippen molar-refractivity contribution in [3.05, 3.63) is 58.1 Å². The first-order valence-electron chi connectivity index (χ1n) is 7.36. The highest BCUT2D eigenvalue weighted by molar-refractivity contribution is 5.98. The summed E-state index contributed by atoms with van der Waals surface area (Å²) in [4.78, 5) is 14.2. The van der Waals surface area contributed by atoms with Crippen LogP contribution < -0.4 is 4.90 Å². The Morgan fingerprint density at radius 2 is 1.68 bits per heavy atom. The maximum absolute atomic E-state index is 12.1. The lowest BCUT2D eigenvalue weighted by molar-refractivity contribution is 0.0601. The van der Waals surface area contributed by atoms with E-state index in [1.807, 2.05) is 26.1 Å². The van der Waals surface area contributed by atoms with Crippen LogP contribution in [-0.2, 0) is 4.74 Å². The minimum atomic E-state index is -0.310. The summed E-state index contributed by atoms with van der Waals surface area (Å²) in [6.45, 7) is 8.25. The van der Waals surface area contributed by atoms with E-state index in [0.717, 1.165) is 22.5 Å². The van der Waals surface area contributed by atoms with Crippen LogP contribution in [0.5, 0.6) is 0 Å². The maximum atomic E-state index is 12.1. The number of nitrogens with zero attached hydrogens (tertiary/aromatic N) is 1. The predicted molar refractivity (Wildman–Crippen MR) is 91.2 cm³/mol. The first-order chi connectivity index (χ1) is 10.4. The molecule has 0 N–H and O–H groups in total. The molecule has 0 amide bonds. The monoisotopic (exact) mass is 297 g/mol. The van der Waals surface area contributed by atoms with Crippen molar-refractivity contribution in [3.63, 3.8) is 0 Å². The van der Waals surface area contributed by atoms with E-state index in [-0.39, 0.29) is 5.97 Å². The molecule has 0 fully saturated rings. The Hall–Kier alpha value is -2.29. The van der Waals surface area contributed by atoms with Crippen LogP contribution in [0.2, 0.25) is 0 Å². The van der Waals surface area contributed by atoms with E-state index in [1.165, 1.54) is 18.2 Å². The molecule has 0 spiro atoms. The van der Waals surface area contributed by atoms with Crippen molar-refractivity contribution in [3.8, 4) is 0 Å². The van der Waals surface area contributed by atoms with Gasteiger partial charge in [0.05, 0.1) is 18.4 Å². The molecule has 0 heterocycles. The van der Waals surface area contributed by atoms with E-state index in [4.69, 9.17) is 4.74 Å². The molecule has 0 atom stereocenters. The lowest BCUT2D eigenvalue weighted by Gasteiger charge is -2.26. The van der Waals surface area contributed by atoms with Crippen molar-refractivity contribution in [2.45, 2.75) is 27.7 Å². The number of hydrogen-bond acceptors (Lipinski definition) is 3. The third kappa shape index (κ3) is 2.84. The van der Waals surface area contributed by atoms with E-state index < -0.39 is 0 Å². The SMILES string of the molecule is COC(=O)c1ccc(C)c(C)c1N(C)c1ccc(C)cc1C.